The monoisotopic (exact) mass is 285 g/mol. The molecule has 0 saturated heterocycles. The molecule has 8 heteroatoms. The lowest BCUT2D eigenvalue weighted by molar-refractivity contribution is 0.0595. The van der Waals surface area contributed by atoms with Crippen LogP contribution in [0.25, 0.3) is 0 Å². The van der Waals surface area contributed by atoms with Gasteiger partial charge in [-0.15, -0.1) is 5.10 Å². The van der Waals surface area contributed by atoms with Crippen molar-refractivity contribution in [2.45, 2.75) is 6.54 Å². The van der Waals surface area contributed by atoms with Gasteiger partial charge in [0.1, 0.15) is 11.6 Å². The molecule has 1 heterocycles. The summed E-state index contributed by atoms with van der Waals surface area (Å²) in [6.07, 6.45) is 0. The molecule has 0 amide bonds. The molecule has 0 saturated carbocycles. The molecule has 0 atom stereocenters. The van der Waals surface area contributed by atoms with Crippen LogP contribution in [0.15, 0.2) is 17.5 Å². The van der Waals surface area contributed by atoms with Crippen LogP contribution in [0.4, 0.5) is 14.5 Å². The quantitative estimate of drug-likeness (QED) is 0.873. The van der Waals surface area contributed by atoms with Crippen LogP contribution < -0.4 is 5.32 Å². The van der Waals surface area contributed by atoms with Gasteiger partial charge in [0.2, 0.25) is 0 Å². The van der Waals surface area contributed by atoms with Crippen molar-refractivity contribution in [1.29, 1.82) is 0 Å². The van der Waals surface area contributed by atoms with Gasteiger partial charge >= 0.3 is 5.97 Å². The summed E-state index contributed by atoms with van der Waals surface area (Å²) in [6, 6.07) is 1.70. The van der Waals surface area contributed by atoms with Crippen LogP contribution in [0.3, 0.4) is 0 Å². The summed E-state index contributed by atoms with van der Waals surface area (Å²) in [5.74, 6) is -2.63. The lowest BCUT2D eigenvalue weighted by Gasteiger charge is -2.08. The highest BCUT2D eigenvalue weighted by Gasteiger charge is 2.16. The zero-order valence-corrected chi connectivity index (χ0v) is 10.6. The van der Waals surface area contributed by atoms with E-state index in [0.29, 0.717) is 11.8 Å². The number of carbonyl (C=O) groups is 1. The van der Waals surface area contributed by atoms with Gasteiger partial charge in [-0.05, 0) is 17.6 Å². The van der Waals surface area contributed by atoms with E-state index in [1.807, 2.05) is 0 Å². The lowest BCUT2D eigenvalue weighted by atomic mass is 10.1. The first-order valence-electron chi connectivity index (χ1n) is 5.19. The molecule has 2 rings (SSSR count). The molecular weight excluding hydrogens is 276 g/mol. The summed E-state index contributed by atoms with van der Waals surface area (Å²) in [4.78, 5) is 11.3. The summed E-state index contributed by atoms with van der Waals surface area (Å²) < 4.78 is 35.0. The summed E-state index contributed by atoms with van der Waals surface area (Å²) in [7, 11) is 1.12. The van der Waals surface area contributed by atoms with Gasteiger partial charge in [-0.2, -0.15) is 0 Å². The van der Waals surface area contributed by atoms with Gasteiger partial charge < -0.3 is 10.1 Å². The molecule has 1 aromatic carbocycles. The van der Waals surface area contributed by atoms with E-state index in [4.69, 9.17) is 0 Å². The SMILES string of the molecule is COC(=O)c1cc(NCc2csnn2)c(F)cc1F. The Labute approximate surface area is 111 Å². The number of ether oxygens (including phenoxy) is 1. The first-order chi connectivity index (χ1) is 9.11. The lowest BCUT2D eigenvalue weighted by Crippen LogP contribution is -2.08. The van der Waals surface area contributed by atoms with Gasteiger partial charge in [0, 0.05) is 11.4 Å². The Bertz CT molecular complexity index is 590. The number of nitrogens with one attached hydrogen (secondary N) is 1. The molecule has 1 N–H and O–H groups in total. The predicted octanol–water partition coefficient (Wildman–Crippen LogP) is 2.21. The zero-order chi connectivity index (χ0) is 13.8. The third-order valence-corrected chi connectivity index (χ3v) is 2.88. The van der Waals surface area contributed by atoms with Gasteiger partial charge in [-0.3, -0.25) is 0 Å². The van der Waals surface area contributed by atoms with Gasteiger partial charge in [-0.25, -0.2) is 13.6 Å². The third kappa shape index (κ3) is 3.02. The minimum atomic E-state index is -0.967. The van der Waals surface area contributed by atoms with E-state index in [2.05, 4.69) is 19.6 Å². The fourth-order valence-corrected chi connectivity index (χ4v) is 1.85. The van der Waals surface area contributed by atoms with Crippen LogP contribution in [0, 0.1) is 11.6 Å². The number of halogens is 2. The molecule has 5 nitrogen and oxygen atoms in total. The van der Waals surface area contributed by atoms with Crippen molar-refractivity contribution in [3.05, 3.63) is 40.4 Å². The number of aromatic nitrogens is 2. The van der Waals surface area contributed by atoms with Crippen LogP contribution in [0.5, 0.6) is 0 Å². The number of hydrogen-bond donors (Lipinski definition) is 1. The molecule has 0 unspecified atom stereocenters. The molecule has 100 valence electrons. The van der Waals surface area contributed by atoms with E-state index in [-0.39, 0.29) is 17.8 Å². The summed E-state index contributed by atoms with van der Waals surface area (Å²) in [5.41, 5.74) is 0.283. The third-order valence-electron chi connectivity index (χ3n) is 2.33. The minimum absolute atomic E-state index is 0.00481. The van der Waals surface area contributed by atoms with Crippen molar-refractivity contribution in [2.24, 2.45) is 0 Å². The Hall–Kier alpha value is -2.09. The molecule has 19 heavy (non-hydrogen) atoms. The molecule has 0 spiro atoms. The molecule has 0 bridgehead atoms. The number of nitrogens with zero attached hydrogens (tertiary/aromatic N) is 2. The Morgan fingerprint density at radius 2 is 2.21 bits per heavy atom. The first kappa shape index (κ1) is 13.3. The second-order valence-electron chi connectivity index (χ2n) is 3.55. The number of rotatable bonds is 4. The zero-order valence-electron chi connectivity index (χ0n) is 9.81. The Morgan fingerprint density at radius 3 is 2.84 bits per heavy atom. The van der Waals surface area contributed by atoms with Crippen LogP contribution in [0.2, 0.25) is 0 Å². The maximum atomic E-state index is 13.5. The van der Waals surface area contributed by atoms with Gasteiger partial charge in [0.25, 0.3) is 0 Å². The van der Waals surface area contributed by atoms with E-state index >= 15 is 0 Å². The first-order valence-corrected chi connectivity index (χ1v) is 6.02. The van der Waals surface area contributed by atoms with Crippen LogP contribution in [-0.2, 0) is 11.3 Å². The minimum Gasteiger partial charge on any atom is -0.465 e. The number of hydrogen-bond acceptors (Lipinski definition) is 6. The second-order valence-corrected chi connectivity index (χ2v) is 4.16. The van der Waals surface area contributed by atoms with Crippen molar-refractivity contribution in [1.82, 2.24) is 9.59 Å². The highest BCUT2D eigenvalue weighted by atomic mass is 32.1. The van der Waals surface area contributed by atoms with Crippen molar-refractivity contribution in [3.8, 4) is 0 Å². The van der Waals surface area contributed by atoms with E-state index in [0.717, 1.165) is 24.7 Å². The van der Waals surface area contributed by atoms with Crippen molar-refractivity contribution in [2.75, 3.05) is 12.4 Å². The predicted molar refractivity (Wildman–Crippen MR) is 64.9 cm³/mol. The molecule has 1 aromatic heterocycles. The number of benzene rings is 1. The molecular formula is C11H9F2N3O2S. The fourth-order valence-electron chi connectivity index (χ4n) is 1.40. The number of anilines is 1. The standard InChI is InChI=1S/C11H9F2N3O2S/c1-18-11(17)7-2-10(9(13)3-8(7)12)14-4-6-5-19-16-15-6/h2-3,5,14H,4H2,1H3. The summed E-state index contributed by atoms with van der Waals surface area (Å²) in [6.45, 7) is 0.222. The summed E-state index contributed by atoms with van der Waals surface area (Å²) in [5, 5.41) is 8.18. The molecule has 0 aliphatic carbocycles. The van der Waals surface area contributed by atoms with Gasteiger partial charge in [-0.1, -0.05) is 4.49 Å². The van der Waals surface area contributed by atoms with Gasteiger partial charge in [0.15, 0.2) is 0 Å². The largest absolute Gasteiger partial charge is 0.465 e. The highest BCUT2D eigenvalue weighted by molar-refractivity contribution is 7.03. The smallest absolute Gasteiger partial charge is 0.340 e. The van der Waals surface area contributed by atoms with Crippen molar-refractivity contribution < 1.29 is 18.3 Å². The van der Waals surface area contributed by atoms with Crippen LogP contribution >= 0.6 is 11.5 Å². The molecule has 0 fully saturated rings. The van der Waals surface area contributed by atoms with Crippen LogP contribution in [-0.4, -0.2) is 22.7 Å². The number of carbonyl (C=O) groups excluding carboxylic acids is 1. The van der Waals surface area contributed by atoms with Crippen molar-refractivity contribution in [3.63, 3.8) is 0 Å². The number of esters is 1. The van der Waals surface area contributed by atoms with Gasteiger partial charge in [0.05, 0.1) is 30.6 Å². The Balaban J connectivity index is 2.22. The van der Waals surface area contributed by atoms with E-state index in [1.54, 1.807) is 5.38 Å². The topological polar surface area (TPSA) is 64.1 Å². The molecule has 0 radical (unpaired) electrons. The highest BCUT2D eigenvalue weighted by Crippen LogP contribution is 2.20. The van der Waals surface area contributed by atoms with Crippen molar-refractivity contribution >= 4 is 23.2 Å². The van der Waals surface area contributed by atoms with E-state index < -0.39 is 17.6 Å². The van der Waals surface area contributed by atoms with E-state index in [1.165, 1.54) is 0 Å². The Kier molecular flexibility index (Phi) is 4.00. The Morgan fingerprint density at radius 1 is 1.42 bits per heavy atom. The normalized spacial score (nSPS) is 10.3. The average molecular weight is 285 g/mol. The average Bonchev–Trinajstić information content (AvgIpc) is 2.90. The number of methoxy groups -OCH3 is 1. The maximum absolute atomic E-state index is 13.5. The summed E-state index contributed by atoms with van der Waals surface area (Å²) >= 11 is 1.16. The maximum Gasteiger partial charge on any atom is 0.340 e. The second kappa shape index (κ2) is 5.70. The van der Waals surface area contributed by atoms with E-state index in [9.17, 15) is 13.6 Å². The molecule has 0 aliphatic heterocycles. The van der Waals surface area contributed by atoms with Crippen LogP contribution in [0.1, 0.15) is 16.1 Å². The fraction of sp³-hybridized carbons (Fsp3) is 0.182. The molecule has 0 aliphatic rings. The molecule has 2 aromatic rings.